The lowest BCUT2D eigenvalue weighted by molar-refractivity contribution is -0.138. The third-order valence-electron chi connectivity index (χ3n) is 2.36. The van der Waals surface area contributed by atoms with Crippen molar-refractivity contribution in [3.05, 3.63) is 29.8 Å². The van der Waals surface area contributed by atoms with Crippen molar-refractivity contribution in [1.29, 1.82) is 5.26 Å². The average Bonchev–Trinajstić information content (AvgIpc) is 2.38. The minimum Gasteiger partial charge on any atom is -0.480 e. The number of aliphatic carboxylic acids is 1. The quantitative estimate of drug-likeness (QED) is 0.652. The number of hydrogen-bond donors (Lipinski definition) is 3. The van der Waals surface area contributed by atoms with E-state index in [1.807, 2.05) is 6.07 Å². The standard InChI is InChI=1S/C11H13N3O4S/c12-7-8-1-3-9(4-2-8)19(17,18)14-6-5-10(13)11(15)16/h1-4,10,14H,5-6,13H2,(H,15,16). The summed E-state index contributed by atoms with van der Waals surface area (Å²) in [6.07, 6.45) is -0.00908. The summed E-state index contributed by atoms with van der Waals surface area (Å²) in [7, 11) is -3.71. The van der Waals surface area contributed by atoms with Gasteiger partial charge in [0.1, 0.15) is 6.04 Å². The number of carboxylic acid groups (broad SMARTS) is 1. The second kappa shape index (κ2) is 6.29. The van der Waals surface area contributed by atoms with Gasteiger partial charge in [0, 0.05) is 6.54 Å². The number of nitrogens with one attached hydrogen (secondary N) is 1. The van der Waals surface area contributed by atoms with Gasteiger partial charge in [-0.05, 0) is 30.7 Å². The van der Waals surface area contributed by atoms with E-state index >= 15 is 0 Å². The molecule has 0 spiro atoms. The molecule has 8 heteroatoms. The van der Waals surface area contributed by atoms with E-state index in [1.165, 1.54) is 24.3 Å². The Labute approximate surface area is 110 Å². The fourth-order valence-corrected chi connectivity index (χ4v) is 2.31. The van der Waals surface area contributed by atoms with Gasteiger partial charge in [-0.25, -0.2) is 13.1 Å². The molecule has 0 saturated carbocycles. The normalized spacial score (nSPS) is 12.6. The van der Waals surface area contributed by atoms with Gasteiger partial charge in [-0.2, -0.15) is 5.26 Å². The number of carboxylic acids is 1. The lowest BCUT2D eigenvalue weighted by Crippen LogP contribution is -2.35. The number of benzene rings is 1. The largest absolute Gasteiger partial charge is 0.480 e. The third-order valence-corrected chi connectivity index (χ3v) is 3.84. The van der Waals surface area contributed by atoms with E-state index in [0.717, 1.165) is 0 Å². The molecule has 0 aliphatic carbocycles. The number of hydrogen-bond acceptors (Lipinski definition) is 5. The summed E-state index contributed by atoms with van der Waals surface area (Å²) >= 11 is 0. The third kappa shape index (κ3) is 4.33. The number of nitrogens with zero attached hydrogens (tertiary/aromatic N) is 1. The summed E-state index contributed by atoms with van der Waals surface area (Å²) in [6.45, 7) is -0.0736. The molecule has 1 rings (SSSR count). The molecule has 1 aromatic rings. The lowest BCUT2D eigenvalue weighted by Gasteiger charge is -2.08. The van der Waals surface area contributed by atoms with Crippen molar-refractivity contribution >= 4 is 16.0 Å². The SMILES string of the molecule is N#Cc1ccc(S(=O)(=O)NCCC(N)C(=O)O)cc1. The maximum Gasteiger partial charge on any atom is 0.320 e. The molecule has 102 valence electrons. The van der Waals surface area contributed by atoms with Crippen molar-refractivity contribution in [3.63, 3.8) is 0 Å². The van der Waals surface area contributed by atoms with Crippen LogP contribution in [0.15, 0.2) is 29.2 Å². The number of nitriles is 1. The Morgan fingerprint density at radius 2 is 2.00 bits per heavy atom. The highest BCUT2D eigenvalue weighted by Crippen LogP contribution is 2.09. The summed E-state index contributed by atoms with van der Waals surface area (Å²) in [5.41, 5.74) is 5.61. The summed E-state index contributed by atoms with van der Waals surface area (Å²) in [5, 5.41) is 17.2. The molecule has 4 N–H and O–H groups in total. The van der Waals surface area contributed by atoms with E-state index in [-0.39, 0.29) is 17.9 Å². The van der Waals surface area contributed by atoms with E-state index in [0.29, 0.717) is 5.56 Å². The van der Waals surface area contributed by atoms with Gasteiger partial charge in [-0.3, -0.25) is 4.79 Å². The van der Waals surface area contributed by atoms with Crippen LogP contribution in [0.25, 0.3) is 0 Å². The molecular formula is C11H13N3O4S. The summed E-state index contributed by atoms with van der Waals surface area (Å²) < 4.78 is 25.8. The van der Waals surface area contributed by atoms with Crippen LogP contribution in [0, 0.1) is 11.3 Å². The Morgan fingerprint density at radius 1 is 1.42 bits per heavy atom. The fourth-order valence-electron chi connectivity index (χ4n) is 1.26. The van der Waals surface area contributed by atoms with Crippen molar-refractivity contribution in [3.8, 4) is 6.07 Å². The predicted octanol–water partition coefficient (Wildman–Crippen LogP) is -0.361. The zero-order chi connectivity index (χ0) is 14.5. The molecule has 0 radical (unpaired) electrons. The lowest BCUT2D eigenvalue weighted by atomic mass is 10.2. The molecule has 0 saturated heterocycles. The summed E-state index contributed by atoms with van der Waals surface area (Å²) in [6, 6.07) is 6.15. The van der Waals surface area contributed by atoms with E-state index in [2.05, 4.69) is 4.72 Å². The number of carbonyl (C=O) groups is 1. The first-order chi connectivity index (χ1) is 8.86. The van der Waals surface area contributed by atoms with E-state index < -0.39 is 22.0 Å². The van der Waals surface area contributed by atoms with Gasteiger partial charge >= 0.3 is 5.97 Å². The Morgan fingerprint density at radius 3 is 2.47 bits per heavy atom. The van der Waals surface area contributed by atoms with Crippen LogP contribution < -0.4 is 10.5 Å². The second-order valence-corrected chi connectivity index (χ2v) is 5.53. The zero-order valence-corrected chi connectivity index (χ0v) is 10.7. The van der Waals surface area contributed by atoms with Crippen LogP contribution in [-0.2, 0) is 14.8 Å². The highest BCUT2D eigenvalue weighted by atomic mass is 32.2. The van der Waals surface area contributed by atoms with Gasteiger partial charge < -0.3 is 10.8 Å². The number of sulfonamides is 1. The van der Waals surface area contributed by atoms with Gasteiger partial charge in [0.15, 0.2) is 0 Å². The number of nitrogens with two attached hydrogens (primary N) is 1. The van der Waals surface area contributed by atoms with Gasteiger partial charge in [0.25, 0.3) is 0 Å². The Balaban J connectivity index is 2.66. The molecule has 1 unspecified atom stereocenters. The van der Waals surface area contributed by atoms with E-state index in [4.69, 9.17) is 16.1 Å². The van der Waals surface area contributed by atoms with Crippen molar-refractivity contribution in [1.82, 2.24) is 4.72 Å². The van der Waals surface area contributed by atoms with Gasteiger partial charge in [0.05, 0.1) is 16.5 Å². The fraction of sp³-hybridized carbons (Fsp3) is 0.273. The summed E-state index contributed by atoms with van der Waals surface area (Å²) in [4.78, 5) is 10.5. The van der Waals surface area contributed by atoms with Crippen LogP contribution in [0.1, 0.15) is 12.0 Å². The van der Waals surface area contributed by atoms with Crippen molar-refractivity contribution in [2.24, 2.45) is 5.73 Å². The topological polar surface area (TPSA) is 133 Å². The molecule has 0 bridgehead atoms. The van der Waals surface area contributed by atoms with Gasteiger partial charge in [-0.1, -0.05) is 0 Å². The minimum atomic E-state index is -3.71. The smallest absolute Gasteiger partial charge is 0.320 e. The Kier molecular flexibility index (Phi) is 5.00. The Bertz CT molecular complexity index is 589. The Hall–Kier alpha value is -1.95. The molecule has 0 heterocycles. The van der Waals surface area contributed by atoms with Crippen LogP contribution in [-0.4, -0.2) is 32.1 Å². The molecule has 0 aromatic heterocycles. The monoisotopic (exact) mass is 283 g/mol. The first-order valence-corrected chi connectivity index (χ1v) is 6.83. The van der Waals surface area contributed by atoms with Crippen molar-refractivity contribution in [2.75, 3.05) is 6.54 Å². The molecular weight excluding hydrogens is 270 g/mol. The molecule has 1 atom stereocenters. The van der Waals surface area contributed by atoms with Crippen molar-refractivity contribution < 1.29 is 18.3 Å². The zero-order valence-electron chi connectivity index (χ0n) is 9.91. The van der Waals surface area contributed by atoms with Crippen LogP contribution in [0.4, 0.5) is 0 Å². The first kappa shape index (κ1) is 15.1. The molecule has 0 amide bonds. The molecule has 0 aliphatic rings. The molecule has 0 fully saturated rings. The van der Waals surface area contributed by atoms with Gasteiger partial charge in [0.2, 0.25) is 10.0 Å². The van der Waals surface area contributed by atoms with Crippen molar-refractivity contribution in [2.45, 2.75) is 17.4 Å². The first-order valence-electron chi connectivity index (χ1n) is 5.35. The van der Waals surface area contributed by atoms with Crippen LogP contribution in [0.2, 0.25) is 0 Å². The minimum absolute atomic E-state index is 0.00908. The maximum absolute atomic E-state index is 11.8. The molecule has 1 aromatic carbocycles. The average molecular weight is 283 g/mol. The van der Waals surface area contributed by atoms with Crippen LogP contribution in [0.3, 0.4) is 0 Å². The second-order valence-electron chi connectivity index (χ2n) is 3.77. The van der Waals surface area contributed by atoms with Crippen LogP contribution in [0.5, 0.6) is 0 Å². The molecule has 0 aliphatic heterocycles. The van der Waals surface area contributed by atoms with E-state index in [9.17, 15) is 13.2 Å². The maximum atomic E-state index is 11.8. The predicted molar refractivity (Wildman–Crippen MR) is 66.6 cm³/mol. The highest BCUT2D eigenvalue weighted by Gasteiger charge is 2.16. The van der Waals surface area contributed by atoms with Crippen LogP contribution >= 0.6 is 0 Å². The van der Waals surface area contributed by atoms with Gasteiger partial charge in [-0.15, -0.1) is 0 Å². The molecule has 19 heavy (non-hydrogen) atoms. The number of rotatable bonds is 6. The van der Waals surface area contributed by atoms with E-state index in [1.54, 1.807) is 0 Å². The summed E-state index contributed by atoms with van der Waals surface area (Å²) in [5.74, 6) is -1.18. The molecule has 7 nitrogen and oxygen atoms in total. The highest BCUT2D eigenvalue weighted by molar-refractivity contribution is 7.89.